The number of carbonyl (C=O) groups is 2. The highest BCUT2D eigenvalue weighted by Gasteiger charge is 2.70. The van der Waals surface area contributed by atoms with Gasteiger partial charge in [0.15, 0.2) is 12.1 Å². The molecule has 0 aromatic rings. The Morgan fingerprint density at radius 1 is 0.953 bits per heavy atom. The van der Waals surface area contributed by atoms with Crippen LogP contribution in [0.4, 0.5) is 0 Å². The highest BCUT2D eigenvalue weighted by Crippen LogP contribution is 2.75. The van der Waals surface area contributed by atoms with E-state index in [0.29, 0.717) is 12.8 Å². The molecule has 13 atom stereocenters. The van der Waals surface area contributed by atoms with Gasteiger partial charge in [-0.25, -0.2) is 0 Å². The van der Waals surface area contributed by atoms with Crippen molar-refractivity contribution < 1.29 is 34.4 Å². The molecule has 7 nitrogen and oxygen atoms in total. The number of hydrogen-bond acceptors (Lipinski definition) is 6. The molecule has 0 aromatic carbocycles. The molecule has 4 saturated carbocycles. The van der Waals surface area contributed by atoms with Gasteiger partial charge in [-0.1, -0.05) is 47.1 Å². The smallest absolute Gasteiger partial charge is 0.309 e. The van der Waals surface area contributed by atoms with Crippen molar-refractivity contribution in [2.24, 2.45) is 50.2 Å². The molecule has 0 bridgehead atoms. The van der Waals surface area contributed by atoms with Gasteiger partial charge in [0.1, 0.15) is 6.10 Å². The molecule has 3 N–H and O–H groups in total. The van der Waals surface area contributed by atoms with E-state index in [-0.39, 0.29) is 63.1 Å². The first kappa shape index (κ1) is 31.7. The van der Waals surface area contributed by atoms with E-state index in [1.54, 1.807) is 6.92 Å². The highest BCUT2D eigenvalue weighted by atomic mass is 16.7. The third-order valence-corrected chi connectivity index (χ3v) is 15.0. The second-order valence-electron chi connectivity index (χ2n) is 17.6. The third kappa shape index (κ3) is 4.33. The summed E-state index contributed by atoms with van der Waals surface area (Å²) in [7, 11) is 0. The number of aliphatic carboxylic acids is 1. The lowest BCUT2D eigenvalue weighted by Crippen LogP contribution is -2.67. The fraction of sp³-hybridized carbons (Fsp3) is 0.889. The van der Waals surface area contributed by atoms with Crippen LogP contribution in [0.25, 0.3) is 0 Å². The molecule has 0 amide bonds. The summed E-state index contributed by atoms with van der Waals surface area (Å²) >= 11 is 0. The predicted octanol–water partition coefficient (Wildman–Crippen LogP) is 6.29. The number of allylic oxidation sites excluding steroid dienone is 2. The number of ether oxygens (including phenoxy) is 2. The predicted molar refractivity (Wildman–Crippen MR) is 163 cm³/mol. The van der Waals surface area contributed by atoms with Crippen molar-refractivity contribution in [3.63, 3.8) is 0 Å². The normalized spacial score (nSPS) is 54.4. The fourth-order valence-corrected chi connectivity index (χ4v) is 11.9. The van der Waals surface area contributed by atoms with Crippen LogP contribution in [0.5, 0.6) is 0 Å². The second-order valence-corrected chi connectivity index (χ2v) is 17.6. The van der Waals surface area contributed by atoms with Crippen molar-refractivity contribution in [1.82, 2.24) is 0 Å². The van der Waals surface area contributed by atoms with Gasteiger partial charge in [0.05, 0.1) is 23.7 Å². The Hall–Kier alpha value is -1.28. The molecule has 6 rings (SSSR count). The quantitative estimate of drug-likeness (QED) is 0.326. The maximum Gasteiger partial charge on any atom is 0.309 e. The topological polar surface area (TPSA) is 113 Å². The van der Waals surface area contributed by atoms with Crippen LogP contribution in [0.1, 0.15) is 120 Å². The number of hydrogen-bond donors (Lipinski definition) is 3. The summed E-state index contributed by atoms with van der Waals surface area (Å²) in [6.45, 7) is 17.8. The number of carbonyl (C=O) groups excluding carboxylic acids is 1. The first-order valence-corrected chi connectivity index (χ1v) is 17.0. The van der Waals surface area contributed by atoms with E-state index in [1.165, 1.54) is 5.57 Å². The Bertz CT molecular complexity index is 1200. The van der Waals surface area contributed by atoms with Gasteiger partial charge in [0.25, 0.3) is 0 Å². The van der Waals surface area contributed by atoms with Crippen LogP contribution in [0, 0.1) is 50.2 Å². The summed E-state index contributed by atoms with van der Waals surface area (Å²) in [4.78, 5) is 27.0. The third-order valence-electron chi connectivity index (χ3n) is 15.0. The van der Waals surface area contributed by atoms with Gasteiger partial charge < -0.3 is 24.8 Å². The van der Waals surface area contributed by atoms with E-state index < -0.39 is 36.0 Å². The van der Waals surface area contributed by atoms with Crippen molar-refractivity contribution in [1.29, 1.82) is 0 Å². The standard InChI is InChI=1S/C36H56O7/c1-20-28(39)23(37)18-27(42-20)43-26-10-11-34(6)25(31(26,2)3)9-12-36(8)29(34)24(38)17-21-22-19-33(5,30(40)41)14-13-32(22,4)15-16-35(21,36)7/h17,20,22-23,25-29,37,39H,9-16,18-19H2,1-8H3,(H,40,41)/t20-,22-,23-,25+,26+,27+,28+,29+,32+,33+,34+,35+,36+/m0/s1. The van der Waals surface area contributed by atoms with Crippen LogP contribution in [0.15, 0.2) is 11.6 Å². The van der Waals surface area contributed by atoms with Gasteiger partial charge in [0, 0.05) is 12.3 Å². The Morgan fingerprint density at radius 2 is 1.63 bits per heavy atom. The van der Waals surface area contributed by atoms with E-state index in [9.17, 15) is 24.9 Å². The molecule has 6 aliphatic rings. The number of ketones is 1. The minimum absolute atomic E-state index is 0.0462. The molecule has 1 aliphatic heterocycles. The Morgan fingerprint density at radius 3 is 2.28 bits per heavy atom. The maximum absolute atomic E-state index is 14.6. The van der Waals surface area contributed by atoms with Gasteiger partial charge in [-0.05, 0) is 117 Å². The monoisotopic (exact) mass is 600 g/mol. The van der Waals surface area contributed by atoms with Crippen LogP contribution in [0.2, 0.25) is 0 Å². The Kier molecular flexibility index (Phi) is 7.27. The molecule has 0 spiro atoms. The molecule has 7 heteroatoms. The van der Waals surface area contributed by atoms with Crippen LogP contribution in [-0.2, 0) is 19.1 Å². The molecule has 5 fully saturated rings. The zero-order valence-corrected chi connectivity index (χ0v) is 27.7. The summed E-state index contributed by atoms with van der Waals surface area (Å²) in [6, 6.07) is 0. The molecule has 242 valence electrons. The molecule has 0 unspecified atom stereocenters. The number of carboxylic acid groups (broad SMARTS) is 1. The van der Waals surface area contributed by atoms with Gasteiger partial charge in [-0.3, -0.25) is 9.59 Å². The fourth-order valence-electron chi connectivity index (χ4n) is 11.9. The van der Waals surface area contributed by atoms with E-state index in [1.807, 2.05) is 13.0 Å². The van der Waals surface area contributed by atoms with E-state index >= 15 is 0 Å². The van der Waals surface area contributed by atoms with Gasteiger partial charge in [-0.15, -0.1) is 0 Å². The number of aliphatic hydroxyl groups is 2. The maximum atomic E-state index is 14.6. The zero-order valence-electron chi connectivity index (χ0n) is 27.7. The second kappa shape index (κ2) is 9.86. The van der Waals surface area contributed by atoms with Gasteiger partial charge in [-0.2, -0.15) is 0 Å². The lowest BCUT2D eigenvalue weighted by atomic mass is 9.33. The number of carboxylic acids is 1. The minimum Gasteiger partial charge on any atom is -0.481 e. The lowest BCUT2D eigenvalue weighted by molar-refractivity contribution is -0.290. The molecule has 1 heterocycles. The molecule has 1 saturated heterocycles. The molecule has 5 aliphatic carbocycles. The largest absolute Gasteiger partial charge is 0.481 e. The minimum atomic E-state index is -0.903. The SMILES string of the molecule is C[C@@H]1O[C@H](O[C@@H]2CC[C@]3(C)[C@H](CC[C@]4(C)[C@@H]3C(=O)C=C3[C@@H]5C[C@](C)(C(=O)O)CC[C@]5(C)CC[C@]34C)C2(C)C)C[C@H](O)[C@@H]1O. The molecule has 43 heavy (non-hydrogen) atoms. The van der Waals surface area contributed by atoms with Gasteiger partial charge in [0.2, 0.25) is 0 Å². The first-order valence-electron chi connectivity index (χ1n) is 17.0. The average Bonchev–Trinajstić information content (AvgIpc) is 2.91. The number of aliphatic hydroxyl groups excluding tert-OH is 2. The van der Waals surface area contributed by atoms with Crippen molar-refractivity contribution in [3.8, 4) is 0 Å². The van der Waals surface area contributed by atoms with Crippen LogP contribution < -0.4 is 0 Å². The molecule has 0 radical (unpaired) electrons. The summed E-state index contributed by atoms with van der Waals surface area (Å²) in [5.41, 5.74) is -0.165. The summed E-state index contributed by atoms with van der Waals surface area (Å²) < 4.78 is 12.6. The average molecular weight is 601 g/mol. The van der Waals surface area contributed by atoms with E-state index in [2.05, 4.69) is 41.5 Å². The zero-order chi connectivity index (χ0) is 31.5. The van der Waals surface area contributed by atoms with E-state index in [4.69, 9.17) is 9.47 Å². The molecular weight excluding hydrogens is 544 g/mol. The van der Waals surface area contributed by atoms with Crippen LogP contribution >= 0.6 is 0 Å². The van der Waals surface area contributed by atoms with Crippen molar-refractivity contribution in [2.75, 3.05) is 0 Å². The van der Waals surface area contributed by atoms with Crippen molar-refractivity contribution >= 4 is 11.8 Å². The van der Waals surface area contributed by atoms with Crippen molar-refractivity contribution in [3.05, 3.63) is 11.6 Å². The first-order chi connectivity index (χ1) is 19.8. The van der Waals surface area contributed by atoms with Crippen molar-refractivity contribution in [2.45, 2.75) is 150 Å². The number of rotatable bonds is 3. The molecular formula is C36H56O7. The van der Waals surface area contributed by atoms with E-state index in [0.717, 1.165) is 44.9 Å². The van der Waals surface area contributed by atoms with Gasteiger partial charge >= 0.3 is 5.97 Å². The Balaban J connectivity index is 1.32. The summed E-state index contributed by atoms with van der Waals surface area (Å²) in [6.07, 6.45) is 7.45. The highest BCUT2D eigenvalue weighted by molar-refractivity contribution is 5.95. The summed E-state index contributed by atoms with van der Waals surface area (Å²) in [5, 5.41) is 30.7. The number of fused-ring (bicyclic) bond motifs is 7. The Labute approximate surface area is 258 Å². The van der Waals surface area contributed by atoms with Crippen LogP contribution in [-0.4, -0.2) is 57.8 Å². The summed E-state index contributed by atoms with van der Waals surface area (Å²) in [5.74, 6) is -0.128. The lowest BCUT2D eigenvalue weighted by Gasteiger charge is -2.70. The van der Waals surface area contributed by atoms with Crippen LogP contribution in [0.3, 0.4) is 0 Å². The molecule has 0 aromatic heterocycles.